The quantitative estimate of drug-likeness (QED) is 0.368. The molecule has 0 bridgehead atoms. The molecule has 2 N–H and O–H groups in total. The van der Waals surface area contributed by atoms with Crippen LogP contribution >= 0.6 is 11.6 Å². The highest BCUT2D eigenvalue weighted by atomic mass is 35.5. The van der Waals surface area contributed by atoms with Crippen LogP contribution in [0.5, 0.6) is 0 Å². The van der Waals surface area contributed by atoms with Gasteiger partial charge in [0.2, 0.25) is 5.95 Å². The van der Waals surface area contributed by atoms with Gasteiger partial charge in [-0.3, -0.25) is 0 Å². The minimum absolute atomic E-state index is 0.159. The number of rotatable bonds is 8. The number of sulfone groups is 1. The molecule has 0 aliphatic heterocycles. The molecule has 0 unspecified atom stereocenters. The van der Waals surface area contributed by atoms with Crippen LogP contribution in [0.1, 0.15) is 19.4 Å². The molecule has 0 spiro atoms. The standard InChI is InChI=1S/C21H21ClFN5O2S/c1-14(2)31(29,30)19-6-4-3-5-18(19)26-20-17(22)13-24-21(27-20)28-25-12-11-15-7-9-16(23)10-8-15/h3-10,12-14H,11H2,1-2H3,(H2,24,26,27,28)/b25-12+. The Labute approximate surface area is 185 Å². The van der Waals surface area contributed by atoms with Crippen LogP contribution < -0.4 is 10.7 Å². The summed E-state index contributed by atoms with van der Waals surface area (Å²) in [6.45, 7) is 3.24. The third-order valence-electron chi connectivity index (χ3n) is 4.31. The van der Waals surface area contributed by atoms with E-state index in [9.17, 15) is 12.8 Å². The van der Waals surface area contributed by atoms with E-state index in [2.05, 4.69) is 25.8 Å². The minimum Gasteiger partial charge on any atom is -0.338 e. The first-order valence-corrected chi connectivity index (χ1v) is 11.3. The fourth-order valence-corrected chi connectivity index (χ4v) is 3.92. The van der Waals surface area contributed by atoms with Crippen molar-refractivity contribution in [2.24, 2.45) is 5.10 Å². The molecule has 0 saturated carbocycles. The van der Waals surface area contributed by atoms with Crippen molar-refractivity contribution in [1.29, 1.82) is 0 Å². The molecule has 0 fully saturated rings. The Morgan fingerprint density at radius 3 is 2.58 bits per heavy atom. The number of para-hydroxylation sites is 1. The Balaban J connectivity index is 1.75. The van der Waals surface area contributed by atoms with E-state index in [0.29, 0.717) is 12.1 Å². The van der Waals surface area contributed by atoms with E-state index in [4.69, 9.17) is 11.6 Å². The van der Waals surface area contributed by atoms with Gasteiger partial charge in [-0.1, -0.05) is 35.9 Å². The highest BCUT2D eigenvalue weighted by molar-refractivity contribution is 7.92. The molecule has 10 heteroatoms. The molecule has 1 heterocycles. The third kappa shape index (κ3) is 5.77. The average molecular weight is 462 g/mol. The zero-order chi connectivity index (χ0) is 22.4. The van der Waals surface area contributed by atoms with E-state index < -0.39 is 15.1 Å². The van der Waals surface area contributed by atoms with Gasteiger partial charge in [-0.25, -0.2) is 23.2 Å². The number of halogens is 2. The minimum atomic E-state index is -3.51. The maximum atomic E-state index is 12.9. The summed E-state index contributed by atoms with van der Waals surface area (Å²) in [7, 11) is -3.51. The molecule has 7 nitrogen and oxygen atoms in total. The lowest BCUT2D eigenvalue weighted by Crippen LogP contribution is -2.15. The highest BCUT2D eigenvalue weighted by Crippen LogP contribution is 2.30. The summed E-state index contributed by atoms with van der Waals surface area (Å²) < 4.78 is 38.2. The van der Waals surface area contributed by atoms with Gasteiger partial charge in [-0.05, 0) is 43.7 Å². The van der Waals surface area contributed by atoms with Crippen molar-refractivity contribution in [2.75, 3.05) is 10.7 Å². The molecule has 0 saturated heterocycles. The predicted molar refractivity (Wildman–Crippen MR) is 121 cm³/mol. The van der Waals surface area contributed by atoms with Crippen LogP contribution in [-0.4, -0.2) is 29.9 Å². The Morgan fingerprint density at radius 2 is 1.87 bits per heavy atom. The lowest BCUT2D eigenvalue weighted by atomic mass is 10.2. The van der Waals surface area contributed by atoms with Crippen LogP contribution in [0.2, 0.25) is 5.02 Å². The fraction of sp³-hybridized carbons (Fsp3) is 0.190. The van der Waals surface area contributed by atoms with E-state index in [0.717, 1.165) is 5.56 Å². The van der Waals surface area contributed by atoms with Crippen LogP contribution in [0, 0.1) is 5.82 Å². The molecule has 0 atom stereocenters. The normalized spacial score (nSPS) is 11.8. The second kappa shape index (κ2) is 9.84. The van der Waals surface area contributed by atoms with Gasteiger partial charge >= 0.3 is 0 Å². The van der Waals surface area contributed by atoms with Crippen molar-refractivity contribution >= 4 is 45.1 Å². The van der Waals surface area contributed by atoms with Crippen molar-refractivity contribution in [1.82, 2.24) is 9.97 Å². The van der Waals surface area contributed by atoms with Gasteiger partial charge in [0.25, 0.3) is 0 Å². The number of hydrogen-bond donors (Lipinski definition) is 2. The molecule has 0 aliphatic carbocycles. The van der Waals surface area contributed by atoms with Crippen molar-refractivity contribution in [2.45, 2.75) is 30.4 Å². The third-order valence-corrected chi connectivity index (χ3v) is 6.79. The first-order chi connectivity index (χ1) is 14.8. The maximum absolute atomic E-state index is 12.9. The summed E-state index contributed by atoms with van der Waals surface area (Å²) in [4.78, 5) is 8.49. The van der Waals surface area contributed by atoms with Crippen LogP contribution in [0.25, 0.3) is 0 Å². The van der Waals surface area contributed by atoms with Crippen LogP contribution in [-0.2, 0) is 16.3 Å². The molecular weight excluding hydrogens is 441 g/mol. The van der Waals surface area contributed by atoms with Crippen molar-refractivity contribution in [3.05, 3.63) is 71.1 Å². The lowest BCUT2D eigenvalue weighted by Gasteiger charge is -2.15. The molecule has 3 aromatic rings. The fourth-order valence-electron chi connectivity index (χ4n) is 2.58. The Bertz CT molecular complexity index is 1180. The predicted octanol–water partition coefficient (Wildman–Crippen LogP) is 4.84. The van der Waals surface area contributed by atoms with E-state index in [1.54, 1.807) is 50.4 Å². The van der Waals surface area contributed by atoms with Gasteiger partial charge in [0.15, 0.2) is 15.7 Å². The maximum Gasteiger partial charge on any atom is 0.245 e. The first-order valence-electron chi connectivity index (χ1n) is 9.42. The Kier molecular flexibility index (Phi) is 7.19. The number of aromatic nitrogens is 2. The molecule has 1 aromatic heterocycles. The molecule has 0 aliphatic rings. The summed E-state index contributed by atoms with van der Waals surface area (Å²) in [6, 6.07) is 12.7. The molecule has 31 heavy (non-hydrogen) atoms. The molecule has 3 rings (SSSR count). The first kappa shape index (κ1) is 22.6. The monoisotopic (exact) mass is 461 g/mol. The largest absolute Gasteiger partial charge is 0.338 e. The zero-order valence-electron chi connectivity index (χ0n) is 16.9. The van der Waals surface area contributed by atoms with Gasteiger partial charge in [-0.2, -0.15) is 10.1 Å². The van der Waals surface area contributed by atoms with E-state index in [1.165, 1.54) is 24.4 Å². The van der Waals surface area contributed by atoms with Crippen LogP contribution in [0.15, 0.2) is 64.7 Å². The highest BCUT2D eigenvalue weighted by Gasteiger charge is 2.23. The van der Waals surface area contributed by atoms with Crippen molar-refractivity contribution in [3.8, 4) is 0 Å². The molecule has 2 aromatic carbocycles. The van der Waals surface area contributed by atoms with Crippen molar-refractivity contribution in [3.63, 3.8) is 0 Å². The smallest absolute Gasteiger partial charge is 0.245 e. The summed E-state index contributed by atoms with van der Waals surface area (Å²) >= 11 is 6.20. The summed E-state index contributed by atoms with van der Waals surface area (Å²) in [6.07, 6.45) is 3.48. The second-order valence-corrected chi connectivity index (χ2v) is 9.74. The van der Waals surface area contributed by atoms with Crippen LogP contribution in [0.4, 0.5) is 21.8 Å². The van der Waals surface area contributed by atoms with Gasteiger partial charge in [0.05, 0.1) is 22.0 Å². The number of hydrogen-bond acceptors (Lipinski definition) is 7. The van der Waals surface area contributed by atoms with E-state index in [-0.39, 0.29) is 27.5 Å². The number of anilines is 3. The van der Waals surface area contributed by atoms with E-state index >= 15 is 0 Å². The van der Waals surface area contributed by atoms with E-state index in [1.807, 2.05) is 0 Å². The summed E-state index contributed by atoms with van der Waals surface area (Å²) in [5.74, 6) is 0.113. The number of nitrogens with one attached hydrogen (secondary N) is 2. The summed E-state index contributed by atoms with van der Waals surface area (Å²) in [5.41, 5.74) is 3.96. The molecule has 0 amide bonds. The second-order valence-electron chi connectivity index (χ2n) is 6.86. The van der Waals surface area contributed by atoms with Gasteiger partial charge in [0, 0.05) is 12.6 Å². The summed E-state index contributed by atoms with van der Waals surface area (Å²) in [5, 5.41) is 6.67. The Morgan fingerprint density at radius 1 is 1.16 bits per heavy atom. The zero-order valence-corrected chi connectivity index (χ0v) is 18.5. The van der Waals surface area contributed by atoms with Crippen LogP contribution in [0.3, 0.4) is 0 Å². The SMILES string of the molecule is CC(C)S(=O)(=O)c1ccccc1Nc1nc(N/N=C/Cc2ccc(F)cc2)ncc1Cl. The average Bonchev–Trinajstić information content (AvgIpc) is 2.75. The number of hydrazone groups is 1. The van der Waals surface area contributed by atoms with Gasteiger partial charge < -0.3 is 5.32 Å². The lowest BCUT2D eigenvalue weighted by molar-refractivity contribution is 0.587. The van der Waals surface area contributed by atoms with Gasteiger partial charge in [-0.15, -0.1) is 0 Å². The molecule has 162 valence electrons. The molecular formula is C21H21ClFN5O2S. The topological polar surface area (TPSA) is 96.3 Å². The molecule has 0 radical (unpaired) electrons. The Hall–Kier alpha value is -3.04. The number of nitrogens with zero attached hydrogens (tertiary/aromatic N) is 3. The van der Waals surface area contributed by atoms with Crippen molar-refractivity contribution < 1.29 is 12.8 Å². The van der Waals surface area contributed by atoms with Gasteiger partial charge in [0.1, 0.15) is 10.8 Å². The number of benzene rings is 2.